The van der Waals surface area contributed by atoms with Crippen molar-refractivity contribution in [1.82, 2.24) is 5.32 Å². The second-order valence-corrected chi connectivity index (χ2v) is 5.07. The molecular weight excluding hydrogens is 227 g/mol. The molecule has 0 radical (unpaired) electrons. The van der Waals surface area contributed by atoms with Crippen molar-refractivity contribution in [3.05, 3.63) is 30.1 Å². The van der Waals surface area contributed by atoms with Crippen LogP contribution in [0.15, 0.2) is 24.3 Å². The SMILES string of the molecule is CC(C)NCCCCCN(C)c1ccc(F)cc1. The molecule has 0 saturated heterocycles. The van der Waals surface area contributed by atoms with Crippen LogP contribution < -0.4 is 10.2 Å². The molecule has 0 aliphatic heterocycles. The van der Waals surface area contributed by atoms with Gasteiger partial charge >= 0.3 is 0 Å². The number of benzene rings is 1. The quantitative estimate of drug-likeness (QED) is 0.713. The zero-order chi connectivity index (χ0) is 13.4. The molecule has 3 heteroatoms. The summed E-state index contributed by atoms with van der Waals surface area (Å²) in [7, 11) is 2.06. The Morgan fingerprint density at radius 2 is 1.78 bits per heavy atom. The van der Waals surface area contributed by atoms with Gasteiger partial charge in [-0.15, -0.1) is 0 Å². The summed E-state index contributed by atoms with van der Waals surface area (Å²) in [5, 5.41) is 3.42. The molecular formula is C15H25FN2. The summed E-state index contributed by atoms with van der Waals surface area (Å²) >= 11 is 0. The zero-order valence-corrected chi connectivity index (χ0v) is 11.7. The maximum atomic E-state index is 12.8. The van der Waals surface area contributed by atoms with Gasteiger partial charge in [-0.05, 0) is 43.7 Å². The van der Waals surface area contributed by atoms with E-state index in [0.29, 0.717) is 6.04 Å². The maximum absolute atomic E-state index is 12.8. The monoisotopic (exact) mass is 252 g/mol. The Hall–Kier alpha value is -1.09. The van der Waals surface area contributed by atoms with Crippen LogP contribution in [-0.2, 0) is 0 Å². The third kappa shape index (κ3) is 6.01. The molecule has 0 heterocycles. The molecule has 18 heavy (non-hydrogen) atoms. The first-order valence-electron chi connectivity index (χ1n) is 6.79. The second kappa shape index (κ2) is 8.09. The predicted octanol–water partition coefficient (Wildman–Crippen LogP) is 3.43. The lowest BCUT2D eigenvalue weighted by atomic mass is 10.2. The van der Waals surface area contributed by atoms with E-state index in [9.17, 15) is 4.39 Å². The Morgan fingerprint density at radius 3 is 2.39 bits per heavy atom. The molecule has 0 aliphatic rings. The minimum Gasteiger partial charge on any atom is -0.375 e. The first-order valence-corrected chi connectivity index (χ1v) is 6.79. The highest BCUT2D eigenvalue weighted by Gasteiger charge is 2.00. The van der Waals surface area contributed by atoms with Gasteiger partial charge in [-0.1, -0.05) is 20.3 Å². The third-order valence-corrected chi connectivity index (χ3v) is 2.99. The first-order chi connectivity index (χ1) is 8.59. The van der Waals surface area contributed by atoms with Crippen molar-refractivity contribution in [1.29, 1.82) is 0 Å². The molecule has 0 spiro atoms. The van der Waals surface area contributed by atoms with E-state index < -0.39 is 0 Å². The van der Waals surface area contributed by atoms with Gasteiger partial charge in [0.15, 0.2) is 0 Å². The molecule has 0 amide bonds. The summed E-state index contributed by atoms with van der Waals surface area (Å²) in [6.07, 6.45) is 3.62. The number of hydrogen-bond acceptors (Lipinski definition) is 2. The third-order valence-electron chi connectivity index (χ3n) is 2.99. The minimum absolute atomic E-state index is 0.174. The van der Waals surface area contributed by atoms with Crippen LogP contribution in [0.25, 0.3) is 0 Å². The van der Waals surface area contributed by atoms with Gasteiger partial charge in [0.2, 0.25) is 0 Å². The van der Waals surface area contributed by atoms with E-state index in [1.165, 1.54) is 31.4 Å². The van der Waals surface area contributed by atoms with Crippen molar-refractivity contribution >= 4 is 5.69 Å². The standard InChI is InChI=1S/C15H25FN2/c1-13(2)17-11-5-4-6-12-18(3)15-9-7-14(16)8-10-15/h7-10,13,17H,4-6,11-12H2,1-3H3. The summed E-state index contributed by atoms with van der Waals surface area (Å²) in [4.78, 5) is 2.18. The zero-order valence-electron chi connectivity index (χ0n) is 11.7. The molecule has 1 aromatic carbocycles. The van der Waals surface area contributed by atoms with Crippen LogP contribution in [0, 0.1) is 5.82 Å². The van der Waals surface area contributed by atoms with E-state index in [2.05, 4.69) is 31.1 Å². The van der Waals surface area contributed by atoms with Gasteiger partial charge in [0.1, 0.15) is 5.82 Å². The molecule has 1 rings (SSSR count). The van der Waals surface area contributed by atoms with Crippen LogP contribution in [0.2, 0.25) is 0 Å². The Kier molecular flexibility index (Phi) is 6.73. The Bertz CT molecular complexity index is 322. The first kappa shape index (κ1) is 15.0. The van der Waals surface area contributed by atoms with Crippen molar-refractivity contribution in [2.45, 2.75) is 39.2 Å². The fraction of sp³-hybridized carbons (Fsp3) is 0.600. The number of rotatable bonds is 8. The Labute approximate surface area is 110 Å². The van der Waals surface area contributed by atoms with Gasteiger partial charge in [0.25, 0.3) is 0 Å². The van der Waals surface area contributed by atoms with Crippen LogP contribution in [0.4, 0.5) is 10.1 Å². The van der Waals surface area contributed by atoms with Gasteiger partial charge in [-0.25, -0.2) is 4.39 Å². The molecule has 0 saturated carbocycles. The normalized spacial score (nSPS) is 10.9. The highest BCUT2D eigenvalue weighted by molar-refractivity contribution is 5.45. The topological polar surface area (TPSA) is 15.3 Å². The summed E-state index contributed by atoms with van der Waals surface area (Å²) in [6, 6.07) is 7.26. The van der Waals surface area contributed by atoms with Crippen LogP contribution in [0.1, 0.15) is 33.1 Å². The van der Waals surface area contributed by atoms with Crippen molar-refractivity contribution in [3.63, 3.8) is 0 Å². The Balaban J connectivity index is 2.13. The number of nitrogens with one attached hydrogen (secondary N) is 1. The number of nitrogens with zero attached hydrogens (tertiary/aromatic N) is 1. The highest BCUT2D eigenvalue weighted by atomic mass is 19.1. The summed E-state index contributed by atoms with van der Waals surface area (Å²) in [6.45, 7) is 6.45. The van der Waals surface area contributed by atoms with Gasteiger partial charge in [0, 0.05) is 25.3 Å². The molecule has 0 bridgehead atoms. The van der Waals surface area contributed by atoms with Crippen LogP contribution >= 0.6 is 0 Å². The average Bonchev–Trinajstić information content (AvgIpc) is 2.34. The molecule has 0 aliphatic carbocycles. The largest absolute Gasteiger partial charge is 0.375 e. The van der Waals surface area contributed by atoms with Crippen LogP contribution in [-0.4, -0.2) is 26.2 Å². The minimum atomic E-state index is -0.174. The van der Waals surface area contributed by atoms with E-state index in [-0.39, 0.29) is 5.82 Å². The predicted molar refractivity (Wildman–Crippen MR) is 76.7 cm³/mol. The highest BCUT2D eigenvalue weighted by Crippen LogP contribution is 2.13. The lowest BCUT2D eigenvalue weighted by molar-refractivity contribution is 0.548. The summed E-state index contributed by atoms with van der Waals surface area (Å²) in [5.74, 6) is -0.174. The van der Waals surface area contributed by atoms with Gasteiger partial charge in [-0.2, -0.15) is 0 Å². The van der Waals surface area contributed by atoms with Crippen LogP contribution in [0.5, 0.6) is 0 Å². The van der Waals surface area contributed by atoms with E-state index in [4.69, 9.17) is 0 Å². The average molecular weight is 252 g/mol. The van der Waals surface area contributed by atoms with Crippen molar-refractivity contribution in [2.24, 2.45) is 0 Å². The second-order valence-electron chi connectivity index (χ2n) is 5.07. The summed E-state index contributed by atoms with van der Waals surface area (Å²) < 4.78 is 12.8. The van der Waals surface area contributed by atoms with Gasteiger partial charge in [-0.3, -0.25) is 0 Å². The fourth-order valence-corrected chi connectivity index (χ4v) is 1.87. The van der Waals surface area contributed by atoms with Gasteiger partial charge in [0.05, 0.1) is 0 Å². The van der Waals surface area contributed by atoms with Gasteiger partial charge < -0.3 is 10.2 Å². The number of unbranched alkanes of at least 4 members (excludes halogenated alkanes) is 2. The number of hydrogen-bond donors (Lipinski definition) is 1. The summed E-state index contributed by atoms with van der Waals surface area (Å²) in [5.41, 5.74) is 1.08. The smallest absolute Gasteiger partial charge is 0.123 e. The van der Waals surface area contributed by atoms with E-state index in [1.54, 1.807) is 0 Å². The maximum Gasteiger partial charge on any atom is 0.123 e. The molecule has 1 N–H and O–H groups in total. The van der Waals surface area contributed by atoms with Crippen molar-refractivity contribution in [2.75, 3.05) is 25.0 Å². The molecule has 0 aromatic heterocycles. The lowest BCUT2D eigenvalue weighted by Gasteiger charge is -2.19. The van der Waals surface area contributed by atoms with Crippen molar-refractivity contribution in [3.8, 4) is 0 Å². The fourth-order valence-electron chi connectivity index (χ4n) is 1.87. The molecule has 2 nitrogen and oxygen atoms in total. The number of halogens is 1. The molecule has 1 aromatic rings. The van der Waals surface area contributed by atoms with E-state index in [0.717, 1.165) is 18.8 Å². The molecule has 102 valence electrons. The lowest BCUT2D eigenvalue weighted by Crippen LogP contribution is -2.24. The van der Waals surface area contributed by atoms with Crippen molar-refractivity contribution < 1.29 is 4.39 Å². The number of anilines is 1. The van der Waals surface area contributed by atoms with Crippen LogP contribution in [0.3, 0.4) is 0 Å². The molecule has 0 unspecified atom stereocenters. The molecule has 0 fully saturated rings. The van der Waals surface area contributed by atoms with E-state index in [1.807, 2.05) is 12.1 Å². The Morgan fingerprint density at radius 1 is 1.11 bits per heavy atom. The molecule has 0 atom stereocenters. The van der Waals surface area contributed by atoms with E-state index >= 15 is 0 Å².